The number of para-hydroxylation sites is 1. The van der Waals surface area contributed by atoms with Crippen LogP contribution in [0, 0.1) is 18.3 Å². The van der Waals surface area contributed by atoms with Gasteiger partial charge in [-0.2, -0.15) is 18.4 Å². The molecular weight excluding hydrogens is 285 g/mol. The zero-order chi connectivity index (χ0) is 14.8. The lowest BCUT2D eigenvalue weighted by atomic mass is 10.1. The van der Waals surface area contributed by atoms with Gasteiger partial charge in [-0.05, 0) is 31.2 Å². The molecule has 1 unspecified atom stereocenters. The smallest absolute Gasteiger partial charge is 0.365 e. The quantitative estimate of drug-likeness (QED) is 0.887. The van der Waals surface area contributed by atoms with Crippen LogP contribution >= 0.6 is 11.3 Å². The lowest BCUT2D eigenvalue weighted by Gasteiger charge is -2.16. The Kier molecular flexibility index (Phi) is 4.00. The molecule has 0 radical (unpaired) electrons. The third kappa shape index (κ3) is 3.11. The van der Waals surface area contributed by atoms with Crippen LogP contribution in [0.15, 0.2) is 36.4 Å². The van der Waals surface area contributed by atoms with Gasteiger partial charge in [0.2, 0.25) is 0 Å². The van der Waals surface area contributed by atoms with Crippen molar-refractivity contribution < 1.29 is 13.2 Å². The largest absolute Gasteiger partial charge is 0.418 e. The van der Waals surface area contributed by atoms with E-state index in [2.05, 4.69) is 5.32 Å². The first-order chi connectivity index (χ1) is 9.41. The van der Waals surface area contributed by atoms with Crippen LogP contribution in [-0.2, 0) is 6.18 Å². The standard InChI is InChI=1S/C14H11F3N2S/c1-9-6-7-13(20-9)12(8-18)19-11-5-3-2-4-10(11)14(15,16)17/h2-7,12,19H,1H3. The molecule has 0 saturated heterocycles. The number of alkyl halides is 3. The zero-order valence-corrected chi connectivity index (χ0v) is 11.3. The lowest BCUT2D eigenvalue weighted by Crippen LogP contribution is -2.13. The molecule has 104 valence electrons. The second kappa shape index (κ2) is 5.55. The van der Waals surface area contributed by atoms with Crippen LogP contribution in [0.4, 0.5) is 18.9 Å². The minimum Gasteiger partial charge on any atom is -0.365 e. The molecule has 1 atom stereocenters. The SMILES string of the molecule is Cc1ccc(C(C#N)Nc2ccccc2C(F)(F)F)s1. The molecule has 0 aliphatic carbocycles. The zero-order valence-electron chi connectivity index (χ0n) is 10.5. The van der Waals surface area contributed by atoms with Crippen LogP contribution in [0.1, 0.15) is 21.4 Å². The summed E-state index contributed by atoms with van der Waals surface area (Å²) in [4.78, 5) is 1.70. The van der Waals surface area contributed by atoms with E-state index in [0.29, 0.717) is 4.88 Å². The van der Waals surface area contributed by atoms with E-state index in [1.54, 1.807) is 6.07 Å². The highest BCUT2D eigenvalue weighted by atomic mass is 32.1. The van der Waals surface area contributed by atoms with E-state index in [1.165, 1.54) is 29.5 Å². The Hall–Kier alpha value is -2.00. The van der Waals surface area contributed by atoms with Crippen molar-refractivity contribution in [2.45, 2.75) is 19.1 Å². The first-order valence-electron chi connectivity index (χ1n) is 5.80. The highest BCUT2D eigenvalue weighted by Crippen LogP contribution is 2.36. The average molecular weight is 296 g/mol. The molecule has 1 aromatic carbocycles. The van der Waals surface area contributed by atoms with E-state index in [1.807, 2.05) is 19.1 Å². The molecule has 0 aliphatic rings. The van der Waals surface area contributed by atoms with E-state index in [9.17, 15) is 13.2 Å². The number of rotatable bonds is 3. The van der Waals surface area contributed by atoms with Gasteiger partial charge in [-0.3, -0.25) is 0 Å². The third-order valence-electron chi connectivity index (χ3n) is 2.71. The van der Waals surface area contributed by atoms with Gasteiger partial charge in [0.15, 0.2) is 0 Å². The first kappa shape index (κ1) is 14.4. The Morgan fingerprint density at radius 3 is 2.45 bits per heavy atom. The topological polar surface area (TPSA) is 35.8 Å². The Bertz CT molecular complexity index is 640. The summed E-state index contributed by atoms with van der Waals surface area (Å²) in [5, 5.41) is 11.8. The molecule has 0 bridgehead atoms. The normalized spacial score (nSPS) is 12.8. The molecule has 0 amide bonds. The summed E-state index contributed by atoms with van der Waals surface area (Å²) < 4.78 is 38.7. The summed E-state index contributed by atoms with van der Waals surface area (Å²) in [5.74, 6) is 0. The maximum Gasteiger partial charge on any atom is 0.418 e. The molecule has 2 rings (SSSR count). The summed E-state index contributed by atoms with van der Waals surface area (Å²) in [6.07, 6.45) is -4.45. The van der Waals surface area contributed by atoms with Crippen molar-refractivity contribution in [2.75, 3.05) is 5.32 Å². The number of benzene rings is 1. The van der Waals surface area contributed by atoms with E-state index in [4.69, 9.17) is 5.26 Å². The molecule has 1 heterocycles. The second-order valence-electron chi connectivity index (χ2n) is 4.20. The number of hydrogen-bond donors (Lipinski definition) is 1. The highest BCUT2D eigenvalue weighted by Gasteiger charge is 2.33. The summed E-state index contributed by atoms with van der Waals surface area (Å²) in [7, 11) is 0. The van der Waals surface area contributed by atoms with Gasteiger partial charge in [-0.15, -0.1) is 11.3 Å². The number of aryl methyl sites for hydroxylation is 1. The number of nitrogens with zero attached hydrogens (tertiary/aromatic N) is 1. The van der Waals surface area contributed by atoms with Crippen molar-refractivity contribution in [2.24, 2.45) is 0 Å². The van der Waals surface area contributed by atoms with Crippen LogP contribution < -0.4 is 5.32 Å². The van der Waals surface area contributed by atoms with E-state index >= 15 is 0 Å². The molecule has 0 saturated carbocycles. The minimum absolute atomic E-state index is 0.0856. The lowest BCUT2D eigenvalue weighted by molar-refractivity contribution is -0.137. The predicted molar refractivity (Wildman–Crippen MR) is 72.5 cm³/mol. The van der Waals surface area contributed by atoms with Crippen molar-refractivity contribution in [3.63, 3.8) is 0 Å². The van der Waals surface area contributed by atoms with Crippen molar-refractivity contribution in [1.82, 2.24) is 0 Å². The van der Waals surface area contributed by atoms with Crippen LogP contribution in [-0.4, -0.2) is 0 Å². The predicted octanol–water partition coefficient (Wildman–Crippen LogP) is 4.75. The van der Waals surface area contributed by atoms with Crippen LogP contribution in [0.2, 0.25) is 0 Å². The monoisotopic (exact) mass is 296 g/mol. The van der Waals surface area contributed by atoms with E-state index < -0.39 is 17.8 Å². The van der Waals surface area contributed by atoms with Gasteiger partial charge < -0.3 is 5.32 Å². The summed E-state index contributed by atoms with van der Waals surface area (Å²) in [6, 6.07) is 9.93. The fraction of sp³-hybridized carbons (Fsp3) is 0.214. The summed E-state index contributed by atoms with van der Waals surface area (Å²) in [5.41, 5.74) is -0.855. The maximum absolute atomic E-state index is 12.9. The molecule has 0 spiro atoms. The van der Waals surface area contributed by atoms with E-state index in [-0.39, 0.29) is 5.69 Å². The number of hydrogen-bond acceptors (Lipinski definition) is 3. The molecule has 2 nitrogen and oxygen atoms in total. The number of nitrogens with one attached hydrogen (secondary N) is 1. The van der Waals surface area contributed by atoms with Crippen molar-refractivity contribution >= 4 is 17.0 Å². The van der Waals surface area contributed by atoms with Crippen LogP contribution in [0.5, 0.6) is 0 Å². The molecule has 0 aliphatic heterocycles. The van der Waals surface area contributed by atoms with E-state index in [0.717, 1.165) is 10.9 Å². The Morgan fingerprint density at radius 2 is 1.90 bits per heavy atom. The number of thiophene rings is 1. The molecule has 20 heavy (non-hydrogen) atoms. The van der Waals surface area contributed by atoms with Gasteiger partial charge in [-0.25, -0.2) is 0 Å². The first-order valence-corrected chi connectivity index (χ1v) is 6.62. The Morgan fingerprint density at radius 1 is 1.20 bits per heavy atom. The minimum atomic E-state index is -4.45. The van der Waals surface area contributed by atoms with Gasteiger partial charge in [0.05, 0.1) is 11.6 Å². The van der Waals surface area contributed by atoms with Crippen LogP contribution in [0.25, 0.3) is 0 Å². The molecule has 1 N–H and O–H groups in total. The fourth-order valence-corrected chi connectivity index (χ4v) is 2.66. The highest BCUT2D eigenvalue weighted by molar-refractivity contribution is 7.12. The maximum atomic E-state index is 12.9. The van der Waals surface area contributed by atoms with Gasteiger partial charge in [-0.1, -0.05) is 12.1 Å². The third-order valence-corrected chi connectivity index (χ3v) is 3.77. The van der Waals surface area contributed by atoms with Gasteiger partial charge in [0.1, 0.15) is 6.04 Å². The average Bonchev–Trinajstić information content (AvgIpc) is 2.82. The Labute approximate surface area is 118 Å². The van der Waals surface area contributed by atoms with Crippen molar-refractivity contribution in [3.8, 4) is 6.07 Å². The van der Waals surface area contributed by atoms with Crippen molar-refractivity contribution in [3.05, 3.63) is 51.7 Å². The molecule has 0 fully saturated rings. The molecule has 1 aromatic heterocycles. The van der Waals surface area contributed by atoms with Crippen LogP contribution in [0.3, 0.4) is 0 Å². The van der Waals surface area contributed by atoms with Crippen molar-refractivity contribution in [1.29, 1.82) is 5.26 Å². The fourth-order valence-electron chi connectivity index (χ4n) is 1.79. The molecule has 2 aromatic rings. The second-order valence-corrected chi connectivity index (χ2v) is 5.52. The Balaban J connectivity index is 2.32. The molecular formula is C14H11F3N2S. The van der Waals surface area contributed by atoms with Gasteiger partial charge in [0.25, 0.3) is 0 Å². The number of halogens is 3. The number of nitriles is 1. The van der Waals surface area contributed by atoms with Gasteiger partial charge >= 0.3 is 6.18 Å². The molecule has 6 heteroatoms. The number of anilines is 1. The van der Waals surface area contributed by atoms with Gasteiger partial charge in [0, 0.05) is 15.4 Å². The summed E-state index contributed by atoms with van der Waals surface area (Å²) in [6.45, 7) is 1.88. The summed E-state index contributed by atoms with van der Waals surface area (Å²) >= 11 is 1.39.